The summed E-state index contributed by atoms with van der Waals surface area (Å²) in [6, 6.07) is 47.8. The van der Waals surface area contributed by atoms with E-state index < -0.39 is 0 Å². The number of aromatic nitrogens is 4. The molecular weight excluding hydrogens is 585 g/mol. The molecule has 4 heteroatoms. The fourth-order valence-corrected chi connectivity index (χ4v) is 6.40. The summed E-state index contributed by atoms with van der Waals surface area (Å²) in [6.07, 6.45) is 5.66. The molecule has 0 aliphatic heterocycles. The topological polar surface area (TPSA) is 51.6 Å². The molecule has 48 heavy (non-hydrogen) atoms. The molecule has 0 bridgehead atoms. The summed E-state index contributed by atoms with van der Waals surface area (Å²) >= 11 is 0. The van der Waals surface area contributed by atoms with E-state index in [0.717, 1.165) is 71.7 Å². The zero-order valence-corrected chi connectivity index (χ0v) is 26.2. The van der Waals surface area contributed by atoms with Crippen molar-refractivity contribution in [3.63, 3.8) is 0 Å². The van der Waals surface area contributed by atoms with Gasteiger partial charge in [-0.05, 0) is 68.9 Å². The van der Waals surface area contributed by atoms with Crippen molar-refractivity contribution in [1.82, 2.24) is 19.9 Å². The number of para-hydroxylation sites is 1. The van der Waals surface area contributed by atoms with E-state index in [2.05, 4.69) is 86.0 Å². The summed E-state index contributed by atoms with van der Waals surface area (Å²) in [5.41, 5.74) is 9.93. The fourth-order valence-electron chi connectivity index (χ4n) is 6.40. The van der Waals surface area contributed by atoms with Crippen molar-refractivity contribution in [2.45, 2.75) is 0 Å². The highest BCUT2D eigenvalue weighted by Crippen LogP contribution is 2.39. The minimum atomic E-state index is 0.593. The van der Waals surface area contributed by atoms with Gasteiger partial charge in [0.25, 0.3) is 0 Å². The quantitative estimate of drug-likeness (QED) is 0.179. The van der Waals surface area contributed by atoms with E-state index in [1.54, 1.807) is 0 Å². The maximum absolute atomic E-state index is 5.09. The van der Waals surface area contributed by atoms with E-state index in [0.29, 0.717) is 17.5 Å². The minimum absolute atomic E-state index is 0.593. The summed E-state index contributed by atoms with van der Waals surface area (Å²) < 4.78 is 0. The van der Waals surface area contributed by atoms with Crippen LogP contribution >= 0.6 is 0 Å². The summed E-state index contributed by atoms with van der Waals surface area (Å²) in [7, 11) is 0. The van der Waals surface area contributed by atoms with Crippen LogP contribution in [0.3, 0.4) is 0 Å². The Kier molecular flexibility index (Phi) is 7.44. The van der Waals surface area contributed by atoms with Crippen LogP contribution in [0, 0.1) is 0 Å². The molecule has 0 spiro atoms. The molecule has 8 aromatic rings. The van der Waals surface area contributed by atoms with Crippen molar-refractivity contribution in [3.8, 4) is 56.4 Å². The molecular formula is C44H30N4. The molecule has 0 N–H and O–H groups in total. The Hall–Kier alpha value is -6.52. The molecule has 0 saturated carbocycles. The predicted octanol–water partition coefficient (Wildman–Crippen LogP) is 11.2. The lowest BCUT2D eigenvalue weighted by atomic mass is 9.88. The molecule has 0 aliphatic carbocycles. The van der Waals surface area contributed by atoms with Crippen LogP contribution in [0.25, 0.3) is 90.2 Å². The Labute approximate surface area is 279 Å². The standard InChI is InChI=1S/C44H30N4/c1-3-29-28-40(39-22-12-11-21-38(39)36(29)4-2)34-25-33(37-23-13-19-30-20-14-24-45-41(30)37)26-35(27-34)44-47-42(31-15-7-5-8-16-31)46-43(48-44)32-17-9-6-10-18-32/h3-28H,1-2H2. The minimum Gasteiger partial charge on any atom is -0.256 e. The van der Waals surface area contributed by atoms with Gasteiger partial charge in [0, 0.05) is 33.8 Å². The molecule has 226 valence electrons. The van der Waals surface area contributed by atoms with Gasteiger partial charge < -0.3 is 0 Å². The van der Waals surface area contributed by atoms with Gasteiger partial charge in [-0.1, -0.05) is 135 Å². The van der Waals surface area contributed by atoms with Crippen molar-refractivity contribution in [3.05, 3.63) is 170 Å². The average Bonchev–Trinajstić information content (AvgIpc) is 3.17. The van der Waals surface area contributed by atoms with Crippen LogP contribution in [-0.4, -0.2) is 19.9 Å². The molecule has 8 rings (SSSR count). The van der Waals surface area contributed by atoms with E-state index >= 15 is 0 Å². The predicted molar refractivity (Wildman–Crippen MR) is 200 cm³/mol. The number of benzene rings is 6. The van der Waals surface area contributed by atoms with Crippen molar-refractivity contribution < 1.29 is 0 Å². The highest BCUT2D eigenvalue weighted by Gasteiger charge is 2.17. The first-order chi connectivity index (χ1) is 23.7. The first-order valence-corrected chi connectivity index (χ1v) is 15.9. The highest BCUT2D eigenvalue weighted by atomic mass is 15.0. The second-order valence-electron chi connectivity index (χ2n) is 11.6. The monoisotopic (exact) mass is 614 g/mol. The molecule has 0 saturated heterocycles. The Morgan fingerprint density at radius 2 is 1.00 bits per heavy atom. The van der Waals surface area contributed by atoms with Crippen molar-refractivity contribution in [2.24, 2.45) is 0 Å². The lowest BCUT2D eigenvalue weighted by molar-refractivity contribution is 1.07. The number of hydrogen-bond acceptors (Lipinski definition) is 4. The van der Waals surface area contributed by atoms with Crippen molar-refractivity contribution in [1.29, 1.82) is 0 Å². The van der Waals surface area contributed by atoms with Gasteiger partial charge in [0.05, 0.1) is 5.52 Å². The zero-order chi connectivity index (χ0) is 32.5. The first-order valence-electron chi connectivity index (χ1n) is 15.9. The van der Waals surface area contributed by atoms with Gasteiger partial charge in [0.2, 0.25) is 0 Å². The number of nitrogens with zero attached hydrogens (tertiary/aromatic N) is 4. The second-order valence-corrected chi connectivity index (χ2v) is 11.6. The maximum atomic E-state index is 5.09. The van der Waals surface area contributed by atoms with E-state index in [-0.39, 0.29) is 0 Å². The van der Waals surface area contributed by atoms with E-state index in [9.17, 15) is 0 Å². The van der Waals surface area contributed by atoms with Gasteiger partial charge in [-0.3, -0.25) is 4.98 Å². The highest BCUT2D eigenvalue weighted by molar-refractivity contribution is 6.05. The fraction of sp³-hybridized carbons (Fsp3) is 0. The Morgan fingerprint density at radius 3 is 1.65 bits per heavy atom. The van der Waals surface area contributed by atoms with Crippen molar-refractivity contribution in [2.75, 3.05) is 0 Å². The zero-order valence-electron chi connectivity index (χ0n) is 26.2. The molecule has 0 amide bonds. The summed E-state index contributed by atoms with van der Waals surface area (Å²) in [5.74, 6) is 1.83. The lowest BCUT2D eigenvalue weighted by Crippen LogP contribution is -2.00. The van der Waals surface area contributed by atoms with Gasteiger partial charge in [-0.25, -0.2) is 15.0 Å². The largest absolute Gasteiger partial charge is 0.256 e. The number of fused-ring (bicyclic) bond motifs is 2. The third-order valence-electron chi connectivity index (χ3n) is 8.69. The van der Waals surface area contributed by atoms with Crippen LogP contribution in [-0.2, 0) is 0 Å². The van der Waals surface area contributed by atoms with E-state index in [4.69, 9.17) is 19.9 Å². The van der Waals surface area contributed by atoms with Gasteiger partial charge in [-0.2, -0.15) is 0 Å². The van der Waals surface area contributed by atoms with E-state index in [1.807, 2.05) is 85.1 Å². The summed E-state index contributed by atoms with van der Waals surface area (Å²) in [4.78, 5) is 19.9. The molecule has 0 unspecified atom stereocenters. The van der Waals surface area contributed by atoms with Crippen LogP contribution in [0.15, 0.2) is 159 Å². The molecule has 2 aromatic heterocycles. The molecule has 2 heterocycles. The van der Waals surface area contributed by atoms with Gasteiger partial charge >= 0.3 is 0 Å². The second kappa shape index (κ2) is 12.3. The Balaban J connectivity index is 1.44. The first kappa shape index (κ1) is 28.9. The van der Waals surface area contributed by atoms with E-state index in [1.165, 1.54) is 0 Å². The molecule has 0 atom stereocenters. The van der Waals surface area contributed by atoms with Gasteiger partial charge in [0.1, 0.15) is 0 Å². The van der Waals surface area contributed by atoms with Gasteiger partial charge in [0.15, 0.2) is 17.5 Å². The molecule has 0 radical (unpaired) electrons. The number of hydrogen-bond donors (Lipinski definition) is 0. The third-order valence-corrected chi connectivity index (χ3v) is 8.69. The van der Waals surface area contributed by atoms with Crippen molar-refractivity contribution >= 4 is 33.8 Å². The third kappa shape index (κ3) is 5.25. The molecule has 0 fully saturated rings. The molecule has 0 aliphatic rings. The average molecular weight is 615 g/mol. The normalized spacial score (nSPS) is 11.1. The van der Waals surface area contributed by atoms with Crippen LogP contribution in [0.4, 0.5) is 0 Å². The maximum Gasteiger partial charge on any atom is 0.164 e. The number of rotatable bonds is 7. The lowest BCUT2D eigenvalue weighted by Gasteiger charge is -2.16. The van der Waals surface area contributed by atoms with Crippen LogP contribution in [0.5, 0.6) is 0 Å². The smallest absolute Gasteiger partial charge is 0.164 e. The summed E-state index contributed by atoms with van der Waals surface area (Å²) in [6.45, 7) is 8.26. The SMILES string of the molecule is C=Cc1cc(-c2cc(-c3nc(-c4ccccc4)nc(-c4ccccc4)n3)cc(-c3cccc4cccnc34)c2)c2ccccc2c1C=C. The Bertz CT molecular complexity index is 2420. The molecule has 6 aromatic carbocycles. The Morgan fingerprint density at radius 1 is 0.438 bits per heavy atom. The van der Waals surface area contributed by atoms with Crippen LogP contribution < -0.4 is 0 Å². The number of pyridine rings is 1. The van der Waals surface area contributed by atoms with Crippen LogP contribution in [0.2, 0.25) is 0 Å². The van der Waals surface area contributed by atoms with Crippen LogP contribution in [0.1, 0.15) is 11.1 Å². The summed E-state index contributed by atoms with van der Waals surface area (Å²) in [5, 5.41) is 3.33. The van der Waals surface area contributed by atoms with Gasteiger partial charge in [-0.15, -0.1) is 0 Å². The molecule has 4 nitrogen and oxygen atoms in total.